The van der Waals surface area contributed by atoms with Gasteiger partial charge in [-0.2, -0.15) is 0 Å². The smallest absolute Gasteiger partial charge is 0.0429 e. The van der Waals surface area contributed by atoms with Crippen LogP contribution in [0.1, 0.15) is 36.5 Å². The van der Waals surface area contributed by atoms with Gasteiger partial charge in [0, 0.05) is 37.6 Å². The minimum absolute atomic E-state index is 0.926. The highest BCUT2D eigenvalue weighted by atomic mass is 15.1. The first-order chi connectivity index (χ1) is 14.2. The van der Waals surface area contributed by atoms with Crippen LogP contribution in [-0.2, 0) is 6.54 Å². The molecule has 1 saturated heterocycles. The van der Waals surface area contributed by atoms with Gasteiger partial charge in [0.15, 0.2) is 0 Å². The summed E-state index contributed by atoms with van der Waals surface area (Å²) in [7, 11) is 0. The molecule has 0 amide bonds. The van der Waals surface area contributed by atoms with Crippen molar-refractivity contribution in [2.45, 2.75) is 26.3 Å². The fourth-order valence-electron chi connectivity index (χ4n) is 4.08. The van der Waals surface area contributed by atoms with Crippen molar-refractivity contribution in [1.29, 1.82) is 0 Å². The monoisotopic (exact) mass is 382 g/mol. The van der Waals surface area contributed by atoms with Crippen molar-refractivity contribution in [3.63, 3.8) is 0 Å². The lowest BCUT2D eigenvalue weighted by atomic mass is 9.99. The first-order valence-electron chi connectivity index (χ1n) is 10.7. The number of anilines is 2. The molecule has 4 rings (SSSR count). The summed E-state index contributed by atoms with van der Waals surface area (Å²) in [4.78, 5) is 4.86. The van der Waals surface area contributed by atoms with Crippen LogP contribution >= 0.6 is 0 Å². The quantitative estimate of drug-likeness (QED) is 0.468. The second kappa shape index (κ2) is 9.00. The molecule has 0 aliphatic carbocycles. The summed E-state index contributed by atoms with van der Waals surface area (Å²) in [5, 5.41) is 0. The Balaban J connectivity index is 1.45. The first kappa shape index (κ1) is 19.3. The Bertz CT molecular complexity index is 921. The fourth-order valence-corrected chi connectivity index (χ4v) is 4.08. The molecule has 2 heteroatoms. The first-order valence-corrected chi connectivity index (χ1v) is 10.7. The molecule has 0 unspecified atom stereocenters. The number of hydrogen-bond acceptors (Lipinski definition) is 2. The Morgan fingerprint density at radius 2 is 1.41 bits per heavy atom. The molecule has 3 aromatic carbocycles. The zero-order valence-electron chi connectivity index (χ0n) is 17.3. The second-order valence-corrected chi connectivity index (χ2v) is 7.77. The molecule has 1 aliphatic heterocycles. The molecule has 0 spiro atoms. The molecule has 1 fully saturated rings. The van der Waals surface area contributed by atoms with Crippen LogP contribution in [0.15, 0.2) is 85.4 Å². The number of hydrogen-bond donors (Lipinski definition) is 0. The van der Waals surface area contributed by atoms with Gasteiger partial charge in [0.05, 0.1) is 0 Å². The predicted octanol–water partition coefficient (Wildman–Crippen LogP) is 6.37. The van der Waals surface area contributed by atoms with E-state index >= 15 is 0 Å². The molecule has 0 bridgehead atoms. The molecule has 148 valence electrons. The molecule has 3 aromatic rings. The van der Waals surface area contributed by atoms with Gasteiger partial charge in [-0.05, 0) is 66.3 Å². The summed E-state index contributed by atoms with van der Waals surface area (Å²) in [6, 6.07) is 28.3. The van der Waals surface area contributed by atoms with Crippen LogP contribution in [0, 0.1) is 0 Å². The van der Waals surface area contributed by atoms with Gasteiger partial charge < -0.3 is 9.80 Å². The van der Waals surface area contributed by atoms with E-state index in [1.54, 1.807) is 0 Å². The summed E-state index contributed by atoms with van der Waals surface area (Å²) in [6.07, 6.45) is 2.61. The van der Waals surface area contributed by atoms with Crippen LogP contribution in [0.4, 0.5) is 11.4 Å². The van der Waals surface area contributed by atoms with E-state index in [0.717, 1.165) is 18.7 Å². The third kappa shape index (κ3) is 4.54. The van der Waals surface area contributed by atoms with Gasteiger partial charge in [0.1, 0.15) is 0 Å². The Kier molecular flexibility index (Phi) is 6.00. The maximum absolute atomic E-state index is 4.36. The number of rotatable bonds is 7. The second-order valence-electron chi connectivity index (χ2n) is 7.77. The van der Waals surface area contributed by atoms with E-state index < -0.39 is 0 Å². The fraction of sp³-hybridized carbons (Fsp3) is 0.259. The van der Waals surface area contributed by atoms with Gasteiger partial charge in [0.25, 0.3) is 0 Å². The summed E-state index contributed by atoms with van der Waals surface area (Å²) >= 11 is 0. The average molecular weight is 383 g/mol. The Hall–Kier alpha value is -3.00. The highest BCUT2D eigenvalue weighted by Crippen LogP contribution is 2.27. The van der Waals surface area contributed by atoms with Crippen molar-refractivity contribution in [2.24, 2.45) is 0 Å². The third-order valence-electron chi connectivity index (χ3n) is 5.87. The highest BCUT2D eigenvalue weighted by molar-refractivity contribution is 5.79. The molecule has 0 N–H and O–H groups in total. The van der Waals surface area contributed by atoms with E-state index in [-0.39, 0.29) is 0 Å². The molecule has 1 heterocycles. The average Bonchev–Trinajstić information content (AvgIpc) is 3.33. The van der Waals surface area contributed by atoms with Crippen molar-refractivity contribution in [3.8, 4) is 0 Å². The van der Waals surface area contributed by atoms with Crippen LogP contribution in [0.3, 0.4) is 0 Å². The largest absolute Gasteiger partial charge is 0.372 e. The van der Waals surface area contributed by atoms with Crippen molar-refractivity contribution in [1.82, 2.24) is 0 Å². The summed E-state index contributed by atoms with van der Waals surface area (Å²) in [6.45, 7) is 10.8. The molecule has 0 aromatic heterocycles. The highest BCUT2D eigenvalue weighted by Gasteiger charge is 2.12. The molecule has 0 saturated carbocycles. The van der Waals surface area contributed by atoms with E-state index in [1.165, 1.54) is 54.0 Å². The van der Waals surface area contributed by atoms with Gasteiger partial charge in [-0.15, -0.1) is 0 Å². The van der Waals surface area contributed by atoms with Crippen molar-refractivity contribution < 1.29 is 0 Å². The normalized spacial score (nSPS) is 13.5. The molecule has 2 nitrogen and oxygen atoms in total. The topological polar surface area (TPSA) is 6.48 Å². The zero-order chi connectivity index (χ0) is 20.1. The molecule has 1 aliphatic rings. The van der Waals surface area contributed by atoms with Crippen LogP contribution in [0.2, 0.25) is 0 Å². The van der Waals surface area contributed by atoms with Crippen molar-refractivity contribution >= 4 is 16.9 Å². The van der Waals surface area contributed by atoms with Crippen LogP contribution < -0.4 is 9.80 Å². The SMILES string of the molecule is C=C(c1ccc(N2CCCC2)cc1)c1ccc(N(CC)Cc2ccccc2)cc1. The van der Waals surface area contributed by atoms with Gasteiger partial charge in [-0.25, -0.2) is 0 Å². The van der Waals surface area contributed by atoms with Crippen LogP contribution in [-0.4, -0.2) is 19.6 Å². The van der Waals surface area contributed by atoms with Gasteiger partial charge >= 0.3 is 0 Å². The van der Waals surface area contributed by atoms with E-state index in [1.807, 2.05) is 0 Å². The van der Waals surface area contributed by atoms with Gasteiger partial charge in [-0.3, -0.25) is 0 Å². The van der Waals surface area contributed by atoms with Crippen molar-refractivity contribution in [3.05, 3.63) is 102 Å². The van der Waals surface area contributed by atoms with E-state index in [9.17, 15) is 0 Å². The van der Waals surface area contributed by atoms with Crippen LogP contribution in [0.5, 0.6) is 0 Å². The predicted molar refractivity (Wildman–Crippen MR) is 126 cm³/mol. The molecule has 29 heavy (non-hydrogen) atoms. The van der Waals surface area contributed by atoms with E-state index in [2.05, 4.69) is 102 Å². The van der Waals surface area contributed by atoms with Crippen LogP contribution in [0.25, 0.3) is 5.57 Å². The molecule has 0 radical (unpaired) electrons. The van der Waals surface area contributed by atoms with E-state index in [4.69, 9.17) is 0 Å². The number of benzene rings is 3. The van der Waals surface area contributed by atoms with Gasteiger partial charge in [-0.1, -0.05) is 61.2 Å². The minimum atomic E-state index is 0.926. The number of nitrogens with zero attached hydrogens (tertiary/aromatic N) is 2. The summed E-state index contributed by atoms with van der Waals surface area (Å²) < 4.78 is 0. The minimum Gasteiger partial charge on any atom is -0.372 e. The van der Waals surface area contributed by atoms with E-state index in [0.29, 0.717) is 0 Å². The Labute approximate surface area is 175 Å². The lowest BCUT2D eigenvalue weighted by Crippen LogP contribution is -2.21. The Morgan fingerprint density at radius 1 is 0.828 bits per heavy atom. The standard InChI is InChI=1S/C27H30N2/c1-3-28(21-23-9-5-4-6-10-23)26-15-11-24(12-16-26)22(2)25-13-17-27(18-14-25)29-19-7-8-20-29/h4-6,9-18H,2-3,7-8,19-21H2,1H3. The van der Waals surface area contributed by atoms with Crippen molar-refractivity contribution in [2.75, 3.05) is 29.4 Å². The maximum Gasteiger partial charge on any atom is 0.0429 e. The molecule has 0 atom stereocenters. The molecular weight excluding hydrogens is 352 g/mol. The summed E-state index contributed by atoms with van der Waals surface area (Å²) in [5.41, 5.74) is 7.36. The lowest BCUT2D eigenvalue weighted by Gasteiger charge is -2.23. The Morgan fingerprint density at radius 3 is 2.00 bits per heavy atom. The van der Waals surface area contributed by atoms with Gasteiger partial charge in [0.2, 0.25) is 0 Å². The third-order valence-corrected chi connectivity index (χ3v) is 5.87. The zero-order valence-corrected chi connectivity index (χ0v) is 17.3. The molecular formula is C27H30N2. The maximum atomic E-state index is 4.36. The lowest BCUT2D eigenvalue weighted by molar-refractivity contribution is 0.832. The summed E-state index contributed by atoms with van der Waals surface area (Å²) in [5.74, 6) is 0.